The van der Waals surface area contributed by atoms with Crippen molar-refractivity contribution in [3.63, 3.8) is 0 Å². The van der Waals surface area contributed by atoms with Gasteiger partial charge in [-0.3, -0.25) is 0 Å². The number of ether oxygens (including phenoxy) is 1. The average molecular weight is 717 g/mol. The maximum atomic E-state index is 14.3. The first-order valence-electron chi connectivity index (χ1n) is 18.5. The van der Waals surface area contributed by atoms with Gasteiger partial charge in [0.1, 0.15) is 5.75 Å². The lowest BCUT2D eigenvalue weighted by molar-refractivity contribution is -0.274. The van der Waals surface area contributed by atoms with Crippen LogP contribution in [0.4, 0.5) is 47.3 Å². The fourth-order valence-electron chi connectivity index (χ4n) is 8.86. The molecule has 0 saturated heterocycles. The van der Waals surface area contributed by atoms with Crippen molar-refractivity contribution in [1.29, 1.82) is 0 Å². The molecule has 0 fully saturated rings. The molecule has 268 valence electrons. The second-order valence-electron chi connectivity index (χ2n) is 16.5. The number of rotatable bonds is 3. The zero-order valence-electron chi connectivity index (χ0n) is 31.2. The second-order valence-corrected chi connectivity index (χ2v) is 16.5. The molecule has 2 aliphatic heterocycles. The molecular formula is C47H40BF3N2O. The van der Waals surface area contributed by atoms with Crippen LogP contribution in [0, 0.1) is 0 Å². The van der Waals surface area contributed by atoms with Crippen LogP contribution in [-0.2, 0) is 10.8 Å². The van der Waals surface area contributed by atoms with Crippen molar-refractivity contribution in [3.8, 4) is 5.75 Å². The number of anilines is 6. The number of hydrogen-bond acceptors (Lipinski definition) is 3. The highest BCUT2D eigenvalue weighted by molar-refractivity contribution is 7.00. The van der Waals surface area contributed by atoms with Crippen LogP contribution in [0.25, 0.3) is 21.5 Å². The molecule has 7 aromatic rings. The summed E-state index contributed by atoms with van der Waals surface area (Å²) in [7, 11) is 0. The maximum Gasteiger partial charge on any atom is 0.573 e. The molecule has 0 amide bonds. The summed E-state index contributed by atoms with van der Waals surface area (Å²) in [5.41, 5.74) is 10.2. The molecule has 3 nitrogen and oxygen atoms in total. The van der Waals surface area contributed by atoms with Crippen molar-refractivity contribution < 1.29 is 17.9 Å². The third kappa shape index (κ3) is 5.35. The van der Waals surface area contributed by atoms with Gasteiger partial charge in [0.25, 0.3) is 6.71 Å². The smallest absolute Gasteiger partial charge is 0.406 e. The van der Waals surface area contributed by atoms with Crippen LogP contribution in [0.15, 0.2) is 133 Å². The summed E-state index contributed by atoms with van der Waals surface area (Å²) in [4.78, 5) is 4.30. The van der Waals surface area contributed by atoms with Crippen molar-refractivity contribution in [3.05, 3.63) is 145 Å². The highest BCUT2D eigenvalue weighted by Gasteiger charge is 2.46. The van der Waals surface area contributed by atoms with Crippen molar-refractivity contribution in [2.24, 2.45) is 0 Å². The zero-order chi connectivity index (χ0) is 37.7. The van der Waals surface area contributed by atoms with Crippen LogP contribution >= 0.6 is 0 Å². The van der Waals surface area contributed by atoms with E-state index in [-0.39, 0.29) is 23.3 Å². The quantitative estimate of drug-likeness (QED) is 0.169. The number of nitrogens with zero attached hydrogens (tertiary/aromatic N) is 2. The first-order chi connectivity index (χ1) is 25.7. The minimum Gasteiger partial charge on any atom is -0.406 e. The molecule has 0 aromatic heterocycles. The van der Waals surface area contributed by atoms with E-state index in [2.05, 4.69) is 112 Å². The third-order valence-corrected chi connectivity index (χ3v) is 11.0. The van der Waals surface area contributed by atoms with E-state index in [0.29, 0.717) is 11.4 Å². The fraction of sp³-hybridized carbons (Fsp3) is 0.191. The van der Waals surface area contributed by atoms with E-state index < -0.39 is 6.36 Å². The van der Waals surface area contributed by atoms with Gasteiger partial charge in [-0.15, -0.1) is 13.2 Å². The zero-order valence-corrected chi connectivity index (χ0v) is 31.2. The monoisotopic (exact) mass is 716 g/mol. The average Bonchev–Trinajstić information content (AvgIpc) is 3.13. The lowest BCUT2D eigenvalue weighted by Gasteiger charge is -2.45. The minimum absolute atomic E-state index is 0.143. The summed E-state index contributed by atoms with van der Waals surface area (Å²) in [6, 6.07) is 44.9. The Bertz CT molecular complexity index is 2440. The Morgan fingerprint density at radius 3 is 1.30 bits per heavy atom. The standard InChI is InChI=1S/C47H40BF3N2O/c1-45(2,3)36-21-13-19-34-32(36)23-25-38-43(34)52(29-15-9-7-10-16-29)40-27-31(54-47(49,50)51)28-41-42(40)48(38)39-26-24-33-35(20-14-22-37(33)46(4,5)6)44(39)53(41)30-17-11-8-12-18-30/h7-28H,1-6H3. The van der Waals surface area contributed by atoms with Gasteiger partial charge in [0, 0.05) is 57.0 Å². The summed E-state index contributed by atoms with van der Waals surface area (Å²) >= 11 is 0. The lowest BCUT2D eigenvalue weighted by atomic mass is 9.33. The van der Waals surface area contributed by atoms with E-state index in [0.717, 1.165) is 60.7 Å². The van der Waals surface area contributed by atoms with Gasteiger partial charge >= 0.3 is 6.36 Å². The third-order valence-electron chi connectivity index (χ3n) is 11.0. The highest BCUT2D eigenvalue weighted by Crippen LogP contribution is 2.50. The van der Waals surface area contributed by atoms with E-state index in [1.807, 2.05) is 60.7 Å². The number of alkyl halides is 3. The second kappa shape index (κ2) is 11.9. The SMILES string of the molecule is CC(C)(C)c1cccc2c3c(ccc12)B1c2ccc4c(C(C)(C)C)cccc4c2N(c2ccccc2)c2cc(OC(F)(F)F)cc(c21)N3c1ccccc1. The predicted octanol–water partition coefficient (Wildman–Crippen LogP) is 11.6. The Balaban J connectivity index is 1.48. The van der Waals surface area contributed by atoms with Crippen LogP contribution in [0.1, 0.15) is 52.7 Å². The van der Waals surface area contributed by atoms with E-state index in [9.17, 15) is 13.2 Å². The molecule has 0 bridgehead atoms. The van der Waals surface area contributed by atoms with Crippen molar-refractivity contribution in [2.45, 2.75) is 58.7 Å². The van der Waals surface area contributed by atoms with Gasteiger partial charge in [-0.1, -0.05) is 139 Å². The van der Waals surface area contributed by atoms with Crippen LogP contribution in [0.3, 0.4) is 0 Å². The summed E-state index contributed by atoms with van der Waals surface area (Å²) in [6.07, 6.45) is -4.89. The number of halogens is 3. The number of para-hydroxylation sites is 2. The molecule has 9 rings (SSSR count). The van der Waals surface area contributed by atoms with Gasteiger partial charge in [0.05, 0.1) is 0 Å². The van der Waals surface area contributed by atoms with Crippen molar-refractivity contribution in [2.75, 3.05) is 9.80 Å². The van der Waals surface area contributed by atoms with E-state index in [4.69, 9.17) is 4.74 Å². The van der Waals surface area contributed by atoms with Gasteiger partial charge in [0.2, 0.25) is 0 Å². The molecule has 0 aliphatic carbocycles. The van der Waals surface area contributed by atoms with Crippen LogP contribution in [0.2, 0.25) is 0 Å². The van der Waals surface area contributed by atoms with E-state index in [1.54, 1.807) is 12.1 Å². The van der Waals surface area contributed by atoms with Gasteiger partial charge in [-0.2, -0.15) is 0 Å². The fourth-order valence-corrected chi connectivity index (χ4v) is 8.86. The normalized spacial score (nSPS) is 13.9. The Hall–Kier alpha value is -5.69. The minimum atomic E-state index is -4.89. The molecule has 54 heavy (non-hydrogen) atoms. The van der Waals surface area contributed by atoms with Gasteiger partial charge < -0.3 is 14.5 Å². The topological polar surface area (TPSA) is 15.7 Å². The summed E-state index contributed by atoms with van der Waals surface area (Å²) in [6.45, 7) is 13.0. The summed E-state index contributed by atoms with van der Waals surface area (Å²) in [5.74, 6) is -0.269. The van der Waals surface area contributed by atoms with Gasteiger partial charge in [-0.25, -0.2) is 0 Å². The Labute approximate surface area is 314 Å². The molecule has 2 aliphatic rings. The maximum absolute atomic E-state index is 14.3. The molecule has 7 aromatic carbocycles. The van der Waals surface area contributed by atoms with Crippen LogP contribution in [-0.4, -0.2) is 13.1 Å². The molecule has 0 unspecified atom stereocenters. The molecule has 0 saturated carbocycles. The molecule has 0 spiro atoms. The van der Waals surface area contributed by atoms with E-state index in [1.165, 1.54) is 11.1 Å². The molecule has 0 radical (unpaired) electrons. The molecule has 0 N–H and O–H groups in total. The molecular weight excluding hydrogens is 676 g/mol. The molecule has 7 heteroatoms. The van der Waals surface area contributed by atoms with Gasteiger partial charge in [-0.05, 0) is 73.4 Å². The number of fused-ring (bicyclic) bond motifs is 8. The predicted molar refractivity (Wildman–Crippen MR) is 220 cm³/mol. The Morgan fingerprint density at radius 1 is 0.481 bits per heavy atom. The molecule has 2 heterocycles. The number of benzene rings is 7. The summed E-state index contributed by atoms with van der Waals surface area (Å²) < 4.78 is 47.8. The van der Waals surface area contributed by atoms with Crippen molar-refractivity contribution >= 4 is 78.8 Å². The van der Waals surface area contributed by atoms with Crippen LogP contribution in [0.5, 0.6) is 5.75 Å². The highest BCUT2D eigenvalue weighted by atomic mass is 19.4. The Kier molecular flexibility index (Phi) is 7.52. The Morgan fingerprint density at radius 2 is 0.907 bits per heavy atom. The lowest BCUT2D eigenvalue weighted by Crippen LogP contribution is -2.61. The summed E-state index contributed by atoms with van der Waals surface area (Å²) in [5, 5.41) is 4.32. The molecule has 0 atom stereocenters. The number of hydrogen-bond donors (Lipinski definition) is 0. The largest absolute Gasteiger partial charge is 0.573 e. The first kappa shape index (κ1) is 34.1. The van der Waals surface area contributed by atoms with Crippen LogP contribution < -0.4 is 30.9 Å². The first-order valence-corrected chi connectivity index (χ1v) is 18.5. The van der Waals surface area contributed by atoms with Gasteiger partial charge in [0.15, 0.2) is 0 Å². The van der Waals surface area contributed by atoms with Crippen molar-refractivity contribution in [1.82, 2.24) is 0 Å². The van der Waals surface area contributed by atoms with E-state index >= 15 is 0 Å².